The molecule has 0 saturated carbocycles. The Bertz CT molecular complexity index is 2400. The van der Waals surface area contributed by atoms with Crippen molar-refractivity contribution in [3.63, 3.8) is 0 Å². The number of carboxylic acid groups (broad SMARTS) is 1. The molecule has 60 heavy (non-hydrogen) atoms. The van der Waals surface area contributed by atoms with Crippen LogP contribution < -0.4 is 30.3 Å². The monoisotopic (exact) mass is 838 g/mol. The molecule has 19 nitrogen and oxygen atoms in total. The van der Waals surface area contributed by atoms with Crippen molar-refractivity contribution in [2.75, 3.05) is 23.9 Å². The third kappa shape index (κ3) is 10.6. The van der Waals surface area contributed by atoms with Crippen LogP contribution in [0.25, 0.3) is 0 Å². The van der Waals surface area contributed by atoms with Gasteiger partial charge in [0.25, 0.3) is 17.6 Å². The predicted octanol–water partition coefficient (Wildman–Crippen LogP) is 3.00. The first kappa shape index (κ1) is 43.9. The van der Waals surface area contributed by atoms with E-state index in [1.54, 1.807) is 64.6 Å². The van der Waals surface area contributed by atoms with Crippen LogP contribution in [0.5, 0.6) is 11.5 Å². The maximum Gasteiger partial charge on any atom is 0.375 e. The van der Waals surface area contributed by atoms with Crippen molar-refractivity contribution < 1.29 is 33.8 Å². The van der Waals surface area contributed by atoms with E-state index in [4.69, 9.17) is 20.3 Å². The zero-order chi connectivity index (χ0) is 42.1. The third-order valence-corrected chi connectivity index (χ3v) is 9.12. The van der Waals surface area contributed by atoms with Crippen LogP contribution in [0.1, 0.15) is 57.9 Å². The highest BCUT2D eigenvalue weighted by atomic mass is 35.5. The van der Waals surface area contributed by atoms with Gasteiger partial charge in [-0.25, -0.2) is 24.7 Å². The second kappa shape index (κ2) is 19.9. The number of likely N-dealkylation sites (N-methyl/N-ethyl adjacent to an activating group) is 2. The van der Waals surface area contributed by atoms with Crippen molar-refractivity contribution in [1.29, 1.82) is 0 Å². The Morgan fingerprint density at radius 1 is 0.717 bits per heavy atom. The average molecular weight is 839 g/mol. The lowest BCUT2D eigenvalue weighted by Gasteiger charge is -2.22. The Morgan fingerprint density at radius 2 is 1.18 bits per heavy atom. The summed E-state index contributed by atoms with van der Waals surface area (Å²) < 4.78 is 11.4. The topological polar surface area (TPSA) is 260 Å². The molecule has 312 valence electrons. The molecule has 2 aliphatic rings. The number of aromatic carboxylic acids is 1. The fraction of sp³-hybridized carbons (Fsp3) is 0.250. The van der Waals surface area contributed by atoms with Gasteiger partial charge in [-0.3, -0.25) is 34.4 Å². The number of nitrogens with one attached hydrogen (secondary N) is 3. The van der Waals surface area contributed by atoms with Gasteiger partial charge in [-0.05, 0) is 49.2 Å². The van der Waals surface area contributed by atoms with Crippen molar-refractivity contribution in [3.8, 4) is 11.5 Å². The number of aromatic nitrogens is 8. The van der Waals surface area contributed by atoms with Crippen LogP contribution >= 0.6 is 12.4 Å². The molecule has 8 rings (SSSR count). The largest absolute Gasteiger partial charge is 0.485 e. The number of aromatic amines is 2. The molecule has 0 saturated heterocycles. The highest BCUT2D eigenvalue weighted by Crippen LogP contribution is 2.30. The van der Waals surface area contributed by atoms with Gasteiger partial charge in [0.1, 0.15) is 35.9 Å². The molecule has 6 heterocycles. The minimum Gasteiger partial charge on any atom is -0.485 e. The lowest BCUT2D eigenvalue weighted by atomic mass is 10.1. The number of H-pyrrole nitrogens is 2. The maximum absolute atomic E-state index is 12.9. The van der Waals surface area contributed by atoms with Gasteiger partial charge in [0.05, 0.1) is 0 Å². The fourth-order valence-electron chi connectivity index (χ4n) is 5.95. The Balaban J connectivity index is 0.000000186. The third-order valence-electron chi connectivity index (χ3n) is 9.12. The van der Waals surface area contributed by atoms with Crippen molar-refractivity contribution in [3.05, 3.63) is 132 Å². The van der Waals surface area contributed by atoms with Crippen LogP contribution in [-0.4, -0.2) is 108 Å². The highest BCUT2D eigenvalue weighted by molar-refractivity contribution is 6.02. The number of benzene rings is 2. The van der Waals surface area contributed by atoms with E-state index in [1.807, 2.05) is 60.7 Å². The highest BCUT2D eigenvalue weighted by Gasteiger charge is 2.37. The van der Waals surface area contributed by atoms with Crippen molar-refractivity contribution in [1.82, 2.24) is 45.6 Å². The van der Waals surface area contributed by atoms with E-state index in [2.05, 4.69) is 45.6 Å². The lowest BCUT2D eigenvalue weighted by molar-refractivity contribution is -0.122. The number of carbonyl (C=O) groups is 4. The predicted molar refractivity (Wildman–Crippen MR) is 220 cm³/mol. The van der Waals surface area contributed by atoms with E-state index in [1.165, 1.54) is 9.80 Å². The summed E-state index contributed by atoms with van der Waals surface area (Å²) in [5, 5.41) is 24.2. The number of anilines is 2. The van der Waals surface area contributed by atoms with E-state index in [0.29, 0.717) is 47.6 Å². The second-order valence-electron chi connectivity index (χ2n) is 13.4. The molecule has 4 atom stereocenters. The van der Waals surface area contributed by atoms with Gasteiger partial charge in [0.2, 0.25) is 11.7 Å². The van der Waals surface area contributed by atoms with Crippen molar-refractivity contribution in [2.24, 2.45) is 5.73 Å². The van der Waals surface area contributed by atoms with Gasteiger partial charge in [-0.15, -0.1) is 22.6 Å². The van der Waals surface area contributed by atoms with E-state index in [0.717, 1.165) is 11.1 Å². The van der Waals surface area contributed by atoms with E-state index in [9.17, 15) is 19.2 Å². The second-order valence-corrected chi connectivity index (χ2v) is 13.4. The van der Waals surface area contributed by atoms with Crippen molar-refractivity contribution in [2.45, 2.75) is 51.0 Å². The van der Waals surface area contributed by atoms with Crippen LogP contribution in [0.2, 0.25) is 0 Å². The van der Waals surface area contributed by atoms with Gasteiger partial charge in [-0.1, -0.05) is 60.7 Å². The van der Waals surface area contributed by atoms with Crippen LogP contribution in [0.15, 0.2) is 97.3 Å². The number of ether oxygens (including phenoxy) is 2. The summed E-state index contributed by atoms with van der Waals surface area (Å²) in [7, 11) is 3.24. The number of carbonyl (C=O) groups excluding carboxylic acids is 3. The maximum atomic E-state index is 12.9. The minimum atomic E-state index is -1.12. The van der Waals surface area contributed by atoms with E-state index in [-0.39, 0.29) is 42.0 Å². The summed E-state index contributed by atoms with van der Waals surface area (Å²) in [6.07, 6.45) is 3.34. The van der Waals surface area contributed by atoms with Gasteiger partial charge < -0.3 is 25.6 Å². The van der Waals surface area contributed by atoms with Crippen LogP contribution in [0.4, 0.5) is 11.6 Å². The number of pyridine rings is 2. The number of nitrogens with zero attached hydrogens (tertiary/aromatic N) is 8. The lowest BCUT2D eigenvalue weighted by Crippen LogP contribution is -2.53. The molecule has 0 spiro atoms. The number of hydrogen-bond acceptors (Lipinski definition) is 13. The van der Waals surface area contributed by atoms with Crippen LogP contribution in [0, 0.1) is 0 Å². The van der Waals surface area contributed by atoms with Gasteiger partial charge in [0, 0.05) is 39.3 Å². The first-order chi connectivity index (χ1) is 28.4. The summed E-state index contributed by atoms with van der Waals surface area (Å²) in [4.78, 5) is 67.1. The zero-order valence-electron chi connectivity index (χ0n) is 32.9. The van der Waals surface area contributed by atoms with Crippen molar-refractivity contribution >= 4 is 47.7 Å². The number of carboxylic acids is 1. The zero-order valence-corrected chi connectivity index (χ0v) is 33.7. The Hall–Kier alpha value is -7.25. The molecule has 6 aromatic rings. The molecule has 20 heteroatoms. The smallest absolute Gasteiger partial charge is 0.375 e. The number of halogens is 1. The summed E-state index contributed by atoms with van der Waals surface area (Å²) in [6.45, 7) is 3.50. The minimum absolute atomic E-state index is 0. The number of amides is 3. The molecule has 3 amide bonds. The Labute approximate surface area is 350 Å². The molecule has 0 aliphatic carbocycles. The summed E-state index contributed by atoms with van der Waals surface area (Å²) in [6, 6.07) is 24.8. The first-order valence-corrected chi connectivity index (χ1v) is 18.4. The summed E-state index contributed by atoms with van der Waals surface area (Å²) in [5.41, 5.74) is 7.85. The number of rotatable bonds is 7. The number of hydrogen-bond donors (Lipinski definition) is 5. The fourth-order valence-corrected chi connectivity index (χ4v) is 5.95. The molecule has 2 aromatic carbocycles. The SMILES string of the molecule is C[C@H]1Oc2cccnc2N(C)C(=O)[C@H]1N.C[C@H]1Oc2cccnc2N(C)C(=O)[C@H]1NC(=O)c1n[nH]c(Cc2ccccc2)n1.Cl.O=C(O)c1n[nH]c(Cc2ccccc2)n1. The molecule has 4 aromatic heterocycles. The molecule has 0 fully saturated rings. The van der Waals surface area contributed by atoms with Gasteiger partial charge >= 0.3 is 5.97 Å². The Kier molecular flexibility index (Phi) is 14.6. The molecule has 2 aliphatic heterocycles. The quantitative estimate of drug-likeness (QED) is 0.155. The molecule has 6 N–H and O–H groups in total. The normalized spacial score (nSPS) is 17.9. The van der Waals surface area contributed by atoms with Gasteiger partial charge in [0.15, 0.2) is 23.1 Å². The number of nitrogens with two attached hydrogens (primary N) is 1. The van der Waals surface area contributed by atoms with Gasteiger partial charge in [-0.2, -0.15) is 0 Å². The Morgan fingerprint density at radius 3 is 1.68 bits per heavy atom. The standard InChI is InChI=1S/C20H20N6O3.C10H13N3O2.C10H9N3O2.ClH/c1-12-16(20(28)26(2)18-14(29-12)9-6-10-21-18)23-19(27)17-22-15(24-25-17)11-13-7-4-3-5-8-13;1-6-8(11)10(14)13(2)9-7(15-6)4-3-5-12-9;14-10(15)9-11-8(12-13-9)6-7-4-2-1-3-5-7;/h3-10,12,16H,11H2,1-2H3,(H,23,27)(H,22,24,25);3-6,8H,11H2,1-2H3;1-5H,6H2,(H,14,15)(H,11,12,13);1H/t12-,16+;6-,8+;;/m11../s1. The molecular weight excluding hydrogens is 796 g/mol. The molecule has 0 unspecified atom stereocenters. The first-order valence-electron chi connectivity index (χ1n) is 18.4. The molecule has 0 radical (unpaired) electrons. The molecular formula is C40H43ClN12O7. The number of fused-ring (bicyclic) bond motifs is 2. The molecule has 0 bridgehead atoms. The van der Waals surface area contributed by atoms with E-state index >= 15 is 0 Å². The van der Waals surface area contributed by atoms with Crippen LogP contribution in [-0.2, 0) is 22.4 Å². The average Bonchev–Trinajstić information content (AvgIpc) is 3.90. The summed E-state index contributed by atoms with van der Waals surface area (Å²) in [5.74, 6) is 0.705. The van der Waals surface area contributed by atoms with Crippen LogP contribution in [0.3, 0.4) is 0 Å². The van der Waals surface area contributed by atoms with E-state index < -0.39 is 30.1 Å². The summed E-state index contributed by atoms with van der Waals surface area (Å²) >= 11 is 0.